The molecule has 10 heteroatoms. The van der Waals surface area contributed by atoms with Gasteiger partial charge in [-0.25, -0.2) is 9.59 Å². The average Bonchev–Trinajstić information content (AvgIpc) is 3.20. The molecule has 3 aromatic rings. The number of nitrogens with one attached hydrogen (secondary N) is 2. The minimum Gasteiger partial charge on any atom is -0.408 e. The maximum Gasteiger partial charge on any atom is 0.417 e. The number of rotatable bonds is 5. The first-order valence-electron chi connectivity index (χ1n) is 12.4. The Bertz CT molecular complexity index is 1490. The first-order chi connectivity index (χ1) is 17.8. The molecule has 1 fully saturated rings. The zero-order valence-electron chi connectivity index (χ0n) is 20.5. The number of fused-ring (bicyclic) bond motifs is 2. The number of carbonyl (C=O) groups is 3. The van der Waals surface area contributed by atoms with Crippen LogP contribution in [0.3, 0.4) is 0 Å². The van der Waals surface area contributed by atoms with Crippen LogP contribution in [0.4, 0.5) is 10.5 Å². The molecule has 2 N–H and O–H groups in total. The van der Waals surface area contributed by atoms with Crippen molar-refractivity contribution in [3.8, 4) is 6.07 Å². The maximum atomic E-state index is 12.9. The fourth-order valence-corrected chi connectivity index (χ4v) is 5.20. The number of carbonyl (C=O) groups excluding carboxylic acids is 3. The maximum absolute atomic E-state index is 12.9. The largest absolute Gasteiger partial charge is 0.417 e. The number of urea groups is 1. The summed E-state index contributed by atoms with van der Waals surface area (Å²) in [5.74, 6) is -0.844. The van der Waals surface area contributed by atoms with Crippen LogP contribution < -0.4 is 11.1 Å². The number of aromatic nitrogens is 1. The van der Waals surface area contributed by atoms with Crippen molar-refractivity contribution in [1.82, 2.24) is 14.8 Å². The van der Waals surface area contributed by atoms with Crippen LogP contribution in [0.5, 0.6) is 0 Å². The van der Waals surface area contributed by atoms with Gasteiger partial charge >= 0.3 is 11.8 Å². The molecular weight excluding hydrogens is 474 g/mol. The fourth-order valence-electron chi connectivity index (χ4n) is 5.20. The molecule has 2 aliphatic heterocycles. The number of benzene rings is 2. The number of nitriles is 1. The molecule has 0 bridgehead atoms. The van der Waals surface area contributed by atoms with Gasteiger partial charge in [-0.2, -0.15) is 5.26 Å². The summed E-state index contributed by atoms with van der Waals surface area (Å²) in [7, 11) is 0. The summed E-state index contributed by atoms with van der Waals surface area (Å²) in [4.78, 5) is 56.0. The van der Waals surface area contributed by atoms with E-state index >= 15 is 0 Å². The fraction of sp³-hybridized carbons (Fsp3) is 0.370. The quantitative estimate of drug-likeness (QED) is 0.514. The van der Waals surface area contributed by atoms with Crippen LogP contribution >= 0.6 is 0 Å². The molecule has 2 aromatic carbocycles. The van der Waals surface area contributed by atoms with Gasteiger partial charge in [0, 0.05) is 49.8 Å². The Morgan fingerprint density at radius 2 is 1.89 bits per heavy atom. The zero-order chi connectivity index (χ0) is 26.1. The number of aromatic amines is 1. The first-order valence-corrected chi connectivity index (χ1v) is 12.4. The first kappa shape index (κ1) is 24.3. The van der Waals surface area contributed by atoms with Crippen molar-refractivity contribution in [2.75, 3.05) is 25.0 Å². The average molecular weight is 502 g/mol. The summed E-state index contributed by atoms with van der Waals surface area (Å²) >= 11 is 0. The number of nitrogens with zero attached hydrogens (tertiary/aromatic N) is 3. The lowest BCUT2D eigenvalue weighted by molar-refractivity contribution is -0.132. The molecule has 0 aliphatic carbocycles. The molecule has 2 aliphatic rings. The Morgan fingerprint density at radius 3 is 2.65 bits per heavy atom. The van der Waals surface area contributed by atoms with Gasteiger partial charge in [-0.15, -0.1) is 0 Å². The van der Waals surface area contributed by atoms with Gasteiger partial charge < -0.3 is 19.5 Å². The number of amides is 3. The molecule has 10 nitrogen and oxygen atoms in total. The molecule has 1 saturated heterocycles. The topological polar surface area (TPSA) is 140 Å². The minimum atomic E-state index is -0.573. The monoisotopic (exact) mass is 501 g/mol. The van der Waals surface area contributed by atoms with Gasteiger partial charge in [-0.3, -0.25) is 14.6 Å². The van der Waals surface area contributed by atoms with E-state index < -0.39 is 5.76 Å². The van der Waals surface area contributed by atoms with Crippen molar-refractivity contribution in [2.24, 2.45) is 0 Å². The van der Waals surface area contributed by atoms with Crippen LogP contribution in [0.25, 0.3) is 11.1 Å². The molecule has 3 heterocycles. The number of Topliss-reactive ketones (excluding diaryl/α,β-unsaturated/α-hetero) is 1. The Hall–Kier alpha value is -4.39. The third-order valence-electron chi connectivity index (χ3n) is 7.23. The van der Waals surface area contributed by atoms with Gasteiger partial charge in [0.1, 0.15) is 0 Å². The van der Waals surface area contributed by atoms with E-state index in [0.717, 1.165) is 16.8 Å². The zero-order valence-corrected chi connectivity index (χ0v) is 20.5. The summed E-state index contributed by atoms with van der Waals surface area (Å²) < 4.78 is 5.08. The van der Waals surface area contributed by atoms with Crippen LogP contribution in [-0.2, 0) is 11.2 Å². The number of ketones is 1. The molecule has 1 aromatic heterocycles. The van der Waals surface area contributed by atoms with Gasteiger partial charge in [0.25, 0.3) is 0 Å². The van der Waals surface area contributed by atoms with Gasteiger partial charge in [0.15, 0.2) is 11.4 Å². The van der Waals surface area contributed by atoms with Crippen LogP contribution in [-0.4, -0.2) is 58.2 Å². The van der Waals surface area contributed by atoms with Gasteiger partial charge in [-0.05, 0) is 67.6 Å². The van der Waals surface area contributed by atoms with Gasteiger partial charge in [0.05, 0.1) is 17.1 Å². The number of hydrogen-bond acceptors (Lipinski definition) is 6. The summed E-state index contributed by atoms with van der Waals surface area (Å²) in [5.41, 5.74) is 4.28. The predicted octanol–water partition coefficient (Wildman–Crippen LogP) is 3.35. The smallest absolute Gasteiger partial charge is 0.408 e. The van der Waals surface area contributed by atoms with E-state index in [1.807, 2.05) is 11.0 Å². The summed E-state index contributed by atoms with van der Waals surface area (Å²) in [5, 5.41) is 12.1. The number of oxazole rings is 1. The van der Waals surface area contributed by atoms with Crippen molar-refractivity contribution >= 4 is 34.5 Å². The molecule has 0 saturated carbocycles. The third kappa shape index (κ3) is 4.98. The second-order valence-electron chi connectivity index (χ2n) is 9.57. The second-order valence-corrected chi connectivity index (χ2v) is 9.57. The van der Waals surface area contributed by atoms with Crippen molar-refractivity contribution in [3.63, 3.8) is 0 Å². The standard InChI is InChI=1S/C27H27N5O5/c1-16-12-19(14-23-25(16)30-27(36)37-23)22(33)4-5-24(34)31-9-7-20(8-10-31)32-11-6-18-13-17(15-28)2-3-21(18)29-26(32)35/h2-3,12-14,20H,4-11H2,1H3,(H,29,35)(H,30,36). The highest BCUT2D eigenvalue weighted by Gasteiger charge is 2.31. The number of piperidine rings is 1. The van der Waals surface area contributed by atoms with Crippen LogP contribution in [0.1, 0.15) is 52.7 Å². The number of aryl methyl sites for hydroxylation is 1. The lowest BCUT2D eigenvalue weighted by atomic mass is 10.0. The molecule has 37 heavy (non-hydrogen) atoms. The molecule has 3 amide bonds. The molecule has 0 spiro atoms. The van der Waals surface area contributed by atoms with E-state index in [0.29, 0.717) is 61.1 Å². The Labute approximate surface area is 212 Å². The summed E-state index contributed by atoms with van der Waals surface area (Å²) in [6.07, 6.45) is 2.14. The molecule has 0 unspecified atom stereocenters. The number of H-pyrrole nitrogens is 1. The second kappa shape index (κ2) is 9.93. The van der Waals surface area contributed by atoms with Crippen LogP contribution in [0, 0.1) is 18.3 Å². The Balaban J connectivity index is 1.14. The van der Waals surface area contributed by atoms with E-state index in [1.54, 1.807) is 30.0 Å². The Kier molecular flexibility index (Phi) is 6.53. The lowest BCUT2D eigenvalue weighted by Crippen LogP contribution is -2.50. The number of likely N-dealkylation sites (tertiary alicyclic amines) is 1. The third-order valence-corrected chi connectivity index (χ3v) is 7.23. The highest BCUT2D eigenvalue weighted by atomic mass is 16.4. The summed E-state index contributed by atoms with van der Waals surface area (Å²) in [6.45, 7) is 3.37. The highest BCUT2D eigenvalue weighted by Crippen LogP contribution is 2.26. The molecular formula is C27H27N5O5. The highest BCUT2D eigenvalue weighted by molar-refractivity contribution is 6.00. The van der Waals surface area contributed by atoms with Crippen molar-refractivity contribution in [2.45, 2.75) is 45.1 Å². The van der Waals surface area contributed by atoms with E-state index in [4.69, 9.17) is 9.68 Å². The SMILES string of the molecule is Cc1cc(C(=O)CCC(=O)N2CCC(N3CCc4cc(C#N)ccc4NC3=O)CC2)cc2oc(=O)[nH]c12. The van der Waals surface area contributed by atoms with Gasteiger partial charge in [0.2, 0.25) is 5.91 Å². The van der Waals surface area contributed by atoms with Crippen LogP contribution in [0.2, 0.25) is 0 Å². The van der Waals surface area contributed by atoms with E-state index in [-0.39, 0.29) is 36.6 Å². The van der Waals surface area contributed by atoms with Crippen molar-refractivity contribution in [3.05, 3.63) is 63.1 Å². The van der Waals surface area contributed by atoms with E-state index in [1.165, 1.54) is 6.07 Å². The van der Waals surface area contributed by atoms with Crippen LogP contribution in [0.15, 0.2) is 39.5 Å². The molecule has 190 valence electrons. The Morgan fingerprint density at radius 1 is 1.11 bits per heavy atom. The number of hydrogen-bond donors (Lipinski definition) is 2. The normalized spacial score (nSPS) is 16.2. The molecule has 0 radical (unpaired) electrons. The lowest BCUT2D eigenvalue weighted by Gasteiger charge is -2.38. The number of anilines is 1. The predicted molar refractivity (Wildman–Crippen MR) is 135 cm³/mol. The van der Waals surface area contributed by atoms with Crippen molar-refractivity contribution in [1.29, 1.82) is 5.26 Å². The molecule has 0 atom stereocenters. The van der Waals surface area contributed by atoms with Crippen molar-refractivity contribution < 1.29 is 18.8 Å². The van der Waals surface area contributed by atoms with E-state index in [9.17, 15) is 19.2 Å². The van der Waals surface area contributed by atoms with Gasteiger partial charge in [-0.1, -0.05) is 0 Å². The van der Waals surface area contributed by atoms with E-state index in [2.05, 4.69) is 16.4 Å². The molecule has 5 rings (SSSR count). The summed E-state index contributed by atoms with van der Waals surface area (Å²) in [6, 6.07) is 10.5. The minimum absolute atomic E-state index is 0.0149.